The van der Waals surface area contributed by atoms with Crippen LogP contribution in [0.25, 0.3) is 10.9 Å². The van der Waals surface area contributed by atoms with Crippen LogP contribution in [-0.4, -0.2) is 29.7 Å². The maximum Gasteiger partial charge on any atom is 0.310 e. The molecule has 3 unspecified atom stereocenters. The fourth-order valence-electron chi connectivity index (χ4n) is 5.40. The number of ether oxygens (including phenoxy) is 2. The first-order chi connectivity index (χ1) is 16.7. The number of esters is 1. The van der Waals surface area contributed by atoms with Crippen molar-refractivity contribution in [3.63, 3.8) is 0 Å². The van der Waals surface area contributed by atoms with Gasteiger partial charge in [-0.25, -0.2) is 0 Å². The molecular weight excluding hydrogens is 462 g/mol. The molecule has 3 atom stereocenters. The Bertz CT molecular complexity index is 1230. The second-order valence-electron chi connectivity index (χ2n) is 10.1. The van der Waals surface area contributed by atoms with Crippen molar-refractivity contribution in [1.29, 1.82) is 0 Å². The van der Waals surface area contributed by atoms with Crippen molar-refractivity contribution in [1.82, 2.24) is 4.57 Å². The Morgan fingerprint density at radius 1 is 1.11 bits per heavy atom. The number of halogens is 1. The van der Waals surface area contributed by atoms with Gasteiger partial charge in [0.15, 0.2) is 0 Å². The van der Waals surface area contributed by atoms with Crippen LogP contribution in [-0.2, 0) is 16.0 Å². The second-order valence-corrected chi connectivity index (χ2v) is 10.6. The summed E-state index contributed by atoms with van der Waals surface area (Å²) >= 11 is 6.02. The molecule has 0 spiro atoms. The second kappa shape index (κ2) is 10.4. The van der Waals surface area contributed by atoms with E-state index in [0.717, 1.165) is 35.0 Å². The molecule has 5 nitrogen and oxygen atoms in total. The third kappa shape index (κ3) is 5.25. The minimum atomic E-state index is -0.251. The lowest BCUT2D eigenvalue weighted by Gasteiger charge is -2.36. The molecule has 0 aliphatic heterocycles. The highest BCUT2D eigenvalue weighted by Gasteiger charge is 2.34. The van der Waals surface area contributed by atoms with E-state index in [1.54, 1.807) is 35.9 Å². The summed E-state index contributed by atoms with van der Waals surface area (Å²) in [5.41, 5.74) is 2.77. The van der Waals surface area contributed by atoms with Crippen molar-refractivity contribution in [2.24, 2.45) is 17.8 Å². The summed E-state index contributed by atoms with van der Waals surface area (Å²) in [5.74, 6) is 1.64. The number of hydrogen-bond donors (Lipinski definition) is 0. The zero-order valence-corrected chi connectivity index (χ0v) is 21.9. The molecule has 0 amide bonds. The van der Waals surface area contributed by atoms with Gasteiger partial charge in [0.1, 0.15) is 11.9 Å². The van der Waals surface area contributed by atoms with Crippen LogP contribution in [0.15, 0.2) is 42.5 Å². The SMILES string of the molecule is COc1ccc2c(c1)c(CC(=O)OC1CC(C)CCC1C(C)C)c(C)n2C(=O)c1ccc(Cl)cc1. The van der Waals surface area contributed by atoms with Gasteiger partial charge in [0.2, 0.25) is 0 Å². The Hall–Kier alpha value is -2.79. The van der Waals surface area contributed by atoms with Gasteiger partial charge < -0.3 is 9.47 Å². The van der Waals surface area contributed by atoms with Crippen LogP contribution in [0.3, 0.4) is 0 Å². The van der Waals surface area contributed by atoms with Crippen molar-refractivity contribution in [3.8, 4) is 5.75 Å². The molecule has 0 N–H and O–H groups in total. The third-order valence-electron chi connectivity index (χ3n) is 7.40. The minimum absolute atomic E-state index is 0.0647. The number of carbonyl (C=O) groups is 2. The smallest absolute Gasteiger partial charge is 0.310 e. The van der Waals surface area contributed by atoms with Crippen molar-refractivity contribution in [3.05, 3.63) is 64.3 Å². The highest BCUT2D eigenvalue weighted by atomic mass is 35.5. The number of nitrogens with zero attached hydrogens (tertiary/aromatic N) is 1. The minimum Gasteiger partial charge on any atom is -0.497 e. The molecule has 1 saturated carbocycles. The molecular formula is C29H34ClNO4. The first kappa shape index (κ1) is 25.3. The van der Waals surface area contributed by atoms with Gasteiger partial charge >= 0.3 is 5.97 Å². The maximum atomic E-state index is 13.5. The molecule has 1 heterocycles. The lowest BCUT2D eigenvalue weighted by molar-refractivity contribution is -0.155. The zero-order valence-electron chi connectivity index (χ0n) is 21.1. The van der Waals surface area contributed by atoms with Crippen LogP contribution in [0.5, 0.6) is 5.75 Å². The topological polar surface area (TPSA) is 57.5 Å². The molecule has 1 fully saturated rings. The molecule has 0 bridgehead atoms. The average molecular weight is 496 g/mol. The maximum absolute atomic E-state index is 13.5. The Morgan fingerprint density at radius 2 is 1.83 bits per heavy atom. The molecule has 1 aliphatic rings. The molecule has 6 heteroatoms. The fraction of sp³-hybridized carbons (Fsp3) is 0.448. The van der Waals surface area contributed by atoms with E-state index in [0.29, 0.717) is 34.1 Å². The number of aromatic nitrogens is 1. The molecule has 3 aromatic rings. The summed E-state index contributed by atoms with van der Waals surface area (Å²) in [6, 6.07) is 12.4. The molecule has 186 valence electrons. The summed E-state index contributed by atoms with van der Waals surface area (Å²) in [6.07, 6.45) is 3.20. The highest BCUT2D eigenvalue weighted by molar-refractivity contribution is 6.30. The predicted octanol–water partition coefficient (Wildman–Crippen LogP) is 6.85. The van der Waals surface area contributed by atoms with Crippen LogP contribution >= 0.6 is 11.6 Å². The standard InChI is InChI=1S/C29H34ClNO4/c1-17(2)23-12-6-18(3)14-27(23)35-28(32)16-24-19(4)31(26-13-11-22(34-5)15-25(24)26)29(33)20-7-9-21(30)10-8-20/h7-11,13,15,17-18,23,27H,6,12,14,16H2,1-5H3. The van der Waals surface area contributed by atoms with Gasteiger partial charge in [-0.05, 0) is 85.5 Å². The van der Waals surface area contributed by atoms with Crippen molar-refractivity contribution in [2.75, 3.05) is 7.11 Å². The van der Waals surface area contributed by atoms with Crippen molar-refractivity contribution in [2.45, 2.75) is 59.5 Å². The molecule has 35 heavy (non-hydrogen) atoms. The van der Waals surface area contributed by atoms with Crippen molar-refractivity contribution < 1.29 is 19.1 Å². The van der Waals surface area contributed by atoms with E-state index < -0.39 is 0 Å². The molecule has 2 aromatic carbocycles. The van der Waals surface area contributed by atoms with E-state index in [-0.39, 0.29) is 24.4 Å². The van der Waals surface area contributed by atoms with E-state index in [9.17, 15) is 9.59 Å². The molecule has 0 radical (unpaired) electrons. The van der Waals surface area contributed by atoms with Crippen LogP contribution in [0.1, 0.15) is 61.6 Å². The first-order valence-electron chi connectivity index (χ1n) is 12.4. The van der Waals surface area contributed by atoms with E-state index in [4.69, 9.17) is 21.1 Å². The molecule has 1 aromatic heterocycles. The highest BCUT2D eigenvalue weighted by Crippen LogP contribution is 2.36. The largest absolute Gasteiger partial charge is 0.497 e. The Morgan fingerprint density at radius 3 is 2.49 bits per heavy atom. The summed E-state index contributed by atoms with van der Waals surface area (Å²) in [6.45, 7) is 8.51. The van der Waals surface area contributed by atoms with Crippen molar-refractivity contribution >= 4 is 34.4 Å². The van der Waals surface area contributed by atoms with Gasteiger partial charge in [0.05, 0.1) is 19.0 Å². The van der Waals surface area contributed by atoms with Crippen LogP contribution in [0, 0.1) is 24.7 Å². The zero-order chi connectivity index (χ0) is 25.3. The Kier molecular flexibility index (Phi) is 7.56. The van der Waals surface area contributed by atoms with E-state index >= 15 is 0 Å². The number of methoxy groups -OCH3 is 1. The van der Waals surface area contributed by atoms with Gasteiger partial charge in [-0.3, -0.25) is 14.2 Å². The van der Waals surface area contributed by atoms with Crippen LogP contribution in [0.4, 0.5) is 0 Å². The van der Waals surface area contributed by atoms with Gasteiger partial charge in [-0.1, -0.05) is 38.8 Å². The number of fused-ring (bicyclic) bond motifs is 1. The van der Waals surface area contributed by atoms with Gasteiger partial charge in [0.25, 0.3) is 5.91 Å². The van der Waals surface area contributed by atoms with E-state index in [2.05, 4.69) is 20.8 Å². The number of carbonyl (C=O) groups excluding carboxylic acids is 2. The van der Waals surface area contributed by atoms with Gasteiger partial charge in [-0.2, -0.15) is 0 Å². The van der Waals surface area contributed by atoms with E-state index in [1.165, 1.54) is 6.42 Å². The normalized spacial score (nSPS) is 20.3. The summed E-state index contributed by atoms with van der Waals surface area (Å²) in [5, 5.41) is 1.39. The number of benzene rings is 2. The third-order valence-corrected chi connectivity index (χ3v) is 7.65. The lowest BCUT2D eigenvalue weighted by atomic mass is 9.75. The predicted molar refractivity (Wildman–Crippen MR) is 139 cm³/mol. The Balaban J connectivity index is 1.69. The summed E-state index contributed by atoms with van der Waals surface area (Å²) in [7, 11) is 1.61. The molecule has 4 rings (SSSR count). The quantitative estimate of drug-likeness (QED) is 0.351. The van der Waals surface area contributed by atoms with Gasteiger partial charge in [0, 0.05) is 21.7 Å². The number of hydrogen-bond acceptors (Lipinski definition) is 4. The molecule has 0 saturated heterocycles. The lowest BCUT2D eigenvalue weighted by Crippen LogP contribution is -2.36. The monoisotopic (exact) mass is 495 g/mol. The first-order valence-corrected chi connectivity index (χ1v) is 12.7. The van der Waals surface area contributed by atoms with Crippen LogP contribution < -0.4 is 4.74 Å². The molecule has 1 aliphatic carbocycles. The Labute approximate surface area is 212 Å². The average Bonchev–Trinajstić information content (AvgIpc) is 3.09. The fourth-order valence-corrected chi connectivity index (χ4v) is 5.53. The van der Waals surface area contributed by atoms with E-state index in [1.807, 2.05) is 25.1 Å². The van der Waals surface area contributed by atoms with Crippen LogP contribution in [0.2, 0.25) is 5.02 Å². The number of rotatable bonds is 6. The summed E-state index contributed by atoms with van der Waals surface area (Å²) < 4.78 is 13.2. The van der Waals surface area contributed by atoms with Gasteiger partial charge in [-0.15, -0.1) is 0 Å². The summed E-state index contributed by atoms with van der Waals surface area (Å²) in [4.78, 5) is 26.7.